The number of ether oxygens (including phenoxy) is 1. The molecule has 0 aliphatic carbocycles. The Morgan fingerprint density at radius 2 is 2.31 bits per heavy atom. The number of nitrogen functional groups attached to an aromatic ring is 1. The van der Waals surface area contributed by atoms with Gasteiger partial charge in [0, 0.05) is 22.3 Å². The number of halogens is 1. The van der Waals surface area contributed by atoms with Gasteiger partial charge in [0.2, 0.25) is 0 Å². The lowest BCUT2D eigenvalue weighted by atomic mass is 10.1. The number of carbonyl (C=O) groups is 1. The van der Waals surface area contributed by atoms with Gasteiger partial charge >= 0.3 is 0 Å². The number of rotatable bonds is 2. The summed E-state index contributed by atoms with van der Waals surface area (Å²) >= 11 is 3.31. The molecule has 1 atom stereocenters. The van der Waals surface area contributed by atoms with Crippen LogP contribution in [-0.4, -0.2) is 25.2 Å². The molecule has 0 spiro atoms. The van der Waals surface area contributed by atoms with Crippen LogP contribution in [0.4, 0.5) is 5.69 Å². The molecule has 1 saturated heterocycles. The summed E-state index contributed by atoms with van der Waals surface area (Å²) in [5, 5.41) is 2.91. The van der Waals surface area contributed by atoms with E-state index in [0.717, 1.165) is 10.9 Å². The zero-order valence-electron chi connectivity index (χ0n) is 8.70. The van der Waals surface area contributed by atoms with Crippen molar-refractivity contribution in [3.8, 4) is 0 Å². The third-order valence-corrected chi connectivity index (χ3v) is 2.91. The van der Waals surface area contributed by atoms with Crippen LogP contribution < -0.4 is 11.1 Å². The number of carbonyl (C=O) groups excluding carboxylic acids is 1. The normalized spacial score (nSPS) is 19.7. The molecule has 1 aromatic rings. The van der Waals surface area contributed by atoms with E-state index in [2.05, 4.69) is 21.2 Å². The molecular formula is C11H13BrN2O2. The molecule has 0 saturated carbocycles. The Bertz CT molecular complexity index is 383. The van der Waals surface area contributed by atoms with Gasteiger partial charge in [0.1, 0.15) is 0 Å². The summed E-state index contributed by atoms with van der Waals surface area (Å²) in [7, 11) is 0. The quantitative estimate of drug-likeness (QED) is 0.810. The number of nitrogens with two attached hydrogens (primary N) is 1. The molecule has 1 fully saturated rings. The standard InChI is InChI=1S/C11H13BrN2O2/c12-8-3-7(4-9(13)5-8)11(15)14-10-1-2-16-6-10/h3-5,10H,1-2,6,13H2,(H,14,15). The first kappa shape index (κ1) is 11.4. The molecule has 0 radical (unpaired) electrons. The summed E-state index contributed by atoms with van der Waals surface area (Å²) in [5.41, 5.74) is 6.81. The summed E-state index contributed by atoms with van der Waals surface area (Å²) in [5.74, 6) is -0.108. The van der Waals surface area contributed by atoms with Gasteiger partial charge in [-0.2, -0.15) is 0 Å². The third-order valence-electron chi connectivity index (χ3n) is 2.45. The molecule has 0 bridgehead atoms. The molecule has 2 rings (SSSR count). The van der Waals surface area contributed by atoms with Gasteiger partial charge in [-0.3, -0.25) is 4.79 Å². The highest BCUT2D eigenvalue weighted by Crippen LogP contribution is 2.17. The first-order chi connectivity index (χ1) is 7.65. The number of hydrogen-bond acceptors (Lipinski definition) is 3. The van der Waals surface area contributed by atoms with E-state index in [-0.39, 0.29) is 11.9 Å². The predicted octanol–water partition coefficient (Wildman–Crippen LogP) is 1.55. The molecule has 1 aliphatic rings. The Kier molecular flexibility index (Phi) is 3.46. The zero-order chi connectivity index (χ0) is 11.5. The lowest BCUT2D eigenvalue weighted by Gasteiger charge is -2.11. The smallest absolute Gasteiger partial charge is 0.251 e. The Morgan fingerprint density at radius 1 is 1.50 bits per heavy atom. The van der Waals surface area contributed by atoms with Crippen LogP contribution in [-0.2, 0) is 4.74 Å². The van der Waals surface area contributed by atoms with Gasteiger partial charge in [0.05, 0.1) is 12.6 Å². The summed E-state index contributed by atoms with van der Waals surface area (Å²) in [6.07, 6.45) is 0.870. The van der Waals surface area contributed by atoms with Crippen molar-refractivity contribution < 1.29 is 9.53 Å². The Morgan fingerprint density at radius 3 is 2.94 bits per heavy atom. The highest BCUT2D eigenvalue weighted by Gasteiger charge is 2.18. The van der Waals surface area contributed by atoms with Gasteiger partial charge in [0.25, 0.3) is 5.91 Å². The van der Waals surface area contributed by atoms with Gasteiger partial charge in [0.15, 0.2) is 0 Å². The van der Waals surface area contributed by atoms with Crippen LogP contribution in [0.25, 0.3) is 0 Å². The van der Waals surface area contributed by atoms with E-state index in [4.69, 9.17) is 10.5 Å². The van der Waals surface area contributed by atoms with E-state index in [0.29, 0.717) is 24.5 Å². The molecule has 86 valence electrons. The van der Waals surface area contributed by atoms with E-state index in [1.54, 1.807) is 18.2 Å². The fourth-order valence-corrected chi connectivity index (χ4v) is 2.17. The lowest BCUT2D eigenvalue weighted by Crippen LogP contribution is -2.35. The molecule has 3 N–H and O–H groups in total. The van der Waals surface area contributed by atoms with Crippen LogP contribution in [0.1, 0.15) is 16.8 Å². The van der Waals surface area contributed by atoms with Crippen LogP contribution in [0.3, 0.4) is 0 Å². The molecule has 4 nitrogen and oxygen atoms in total. The summed E-state index contributed by atoms with van der Waals surface area (Å²) in [6.45, 7) is 1.31. The second kappa shape index (κ2) is 4.84. The fourth-order valence-electron chi connectivity index (χ4n) is 1.66. The minimum atomic E-state index is -0.108. The van der Waals surface area contributed by atoms with Crippen LogP contribution in [0.15, 0.2) is 22.7 Å². The van der Waals surface area contributed by atoms with Gasteiger partial charge in [-0.05, 0) is 24.6 Å². The van der Waals surface area contributed by atoms with Crippen molar-refractivity contribution in [3.63, 3.8) is 0 Å². The number of hydrogen-bond donors (Lipinski definition) is 2. The number of benzene rings is 1. The van der Waals surface area contributed by atoms with Crippen molar-refractivity contribution >= 4 is 27.5 Å². The molecule has 1 amide bonds. The summed E-state index contributed by atoms with van der Waals surface area (Å²) < 4.78 is 6.00. The summed E-state index contributed by atoms with van der Waals surface area (Å²) in [4.78, 5) is 11.9. The fraction of sp³-hybridized carbons (Fsp3) is 0.364. The second-order valence-electron chi connectivity index (χ2n) is 3.81. The number of nitrogens with one attached hydrogen (secondary N) is 1. The van der Waals surface area contributed by atoms with E-state index < -0.39 is 0 Å². The molecule has 16 heavy (non-hydrogen) atoms. The van der Waals surface area contributed by atoms with E-state index in [9.17, 15) is 4.79 Å². The van der Waals surface area contributed by atoms with Crippen LogP contribution in [0.2, 0.25) is 0 Å². The second-order valence-corrected chi connectivity index (χ2v) is 4.72. The summed E-state index contributed by atoms with van der Waals surface area (Å²) in [6, 6.07) is 5.29. The molecule has 1 aromatic carbocycles. The topological polar surface area (TPSA) is 64.4 Å². The van der Waals surface area contributed by atoms with E-state index >= 15 is 0 Å². The maximum absolute atomic E-state index is 11.9. The van der Waals surface area contributed by atoms with Gasteiger partial charge < -0.3 is 15.8 Å². The van der Waals surface area contributed by atoms with Crippen LogP contribution in [0, 0.1) is 0 Å². The van der Waals surface area contributed by atoms with E-state index in [1.807, 2.05) is 0 Å². The number of anilines is 1. The highest BCUT2D eigenvalue weighted by molar-refractivity contribution is 9.10. The maximum atomic E-state index is 11.9. The highest BCUT2D eigenvalue weighted by atomic mass is 79.9. The zero-order valence-corrected chi connectivity index (χ0v) is 10.3. The Balaban J connectivity index is 2.07. The lowest BCUT2D eigenvalue weighted by molar-refractivity contribution is 0.0930. The Labute approximate surface area is 102 Å². The molecule has 0 aromatic heterocycles. The average Bonchev–Trinajstić information content (AvgIpc) is 2.68. The molecule has 1 aliphatic heterocycles. The predicted molar refractivity (Wildman–Crippen MR) is 65.2 cm³/mol. The first-order valence-electron chi connectivity index (χ1n) is 5.10. The van der Waals surface area contributed by atoms with Crippen LogP contribution >= 0.6 is 15.9 Å². The molecule has 5 heteroatoms. The van der Waals surface area contributed by atoms with Crippen molar-refractivity contribution in [1.82, 2.24) is 5.32 Å². The van der Waals surface area contributed by atoms with Crippen molar-refractivity contribution in [2.75, 3.05) is 18.9 Å². The van der Waals surface area contributed by atoms with Crippen LogP contribution in [0.5, 0.6) is 0 Å². The van der Waals surface area contributed by atoms with E-state index in [1.165, 1.54) is 0 Å². The van der Waals surface area contributed by atoms with Gasteiger partial charge in [-0.25, -0.2) is 0 Å². The minimum Gasteiger partial charge on any atom is -0.399 e. The monoisotopic (exact) mass is 284 g/mol. The first-order valence-corrected chi connectivity index (χ1v) is 5.89. The third kappa shape index (κ3) is 2.74. The molecule has 1 unspecified atom stereocenters. The van der Waals surface area contributed by atoms with Gasteiger partial charge in [-0.15, -0.1) is 0 Å². The molecule has 1 heterocycles. The SMILES string of the molecule is Nc1cc(Br)cc(C(=O)NC2CCOC2)c1. The Hall–Kier alpha value is -1.07. The average molecular weight is 285 g/mol. The number of amides is 1. The minimum absolute atomic E-state index is 0.108. The largest absolute Gasteiger partial charge is 0.399 e. The van der Waals surface area contributed by atoms with Crippen molar-refractivity contribution in [1.29, 1.82) is 0 Å². The van der Waals surface area contributed by atoms with Crippen molar-refractivity contribution in [2.45, 2.75) is 12.5 Å². The van der Waals surface area contributed by atoms with Crippen molar-refractivity contribution in [3.05, 3.63) is 28.2 Å². The molecular weight excluding hydrogens is 272 g/mol. The van der Waals surface area contributed by atoms with Gasteiger partial charge in [-0.1, -0.05) is 15.9 Å². The maximum Gasteiger partial charge on any atom is 0.251 e. The van der Waals surface area contributed by atoms with Crippen molar-refractivity contribution in [2.24, 2.45) is 0 Å².